The Hall–Kier alpha value is -3.55. The summed E-state index contributed by atoms with van der Waals surface area (Å²) in [6.45, 7) is 1.89. The first-order chi connectivity index (χ1) is 14.0. The lowest BCUT2D eigenvalue weighted by Gasteiger charge is -2.12. The number of carbonyl (C=O) groups excluding carboxylic acids is 2. The molecule has 1 amide bonds. The molecule has 0 radical (unpaired) electrons. The van der Waals surface area contributed by atoms with E-state index in [1.165, 1.54) is 32.2 Å². The number of amides is 1. The quantitative estimate of drug-likeness (QED) is 0.568. The van der Waals surface area contributed by atoms with Gasteiger partial charge in [0.05, 0.1) is 7.11 Å². The van der Waals surface area contributed by atoms with Crippen molar-refractivity contribution in [1.82, 2.24) is 5.32 Å². The predicted octanol–water partition coefficient (Wildman–Crippen LogP) is 2.82. The van der Waals surface area contributed by atoms with Gasteiger partial charge in [-0.15, -0.1) is 0 Å². The van der Waals surface area contributed by atoms with Crippen molar-refractivity contribution in [1.29, 1.82) is 0 Å². The van der Waals surface area contributed by atoms with Gasteiger partial charge in [0, 0.05) is 12.6 Å². The van der Waals surface area contributed by atoms with Crippen LogP contribution in [0.15, 0.2) is 42.5 Å². The fourth-order valence-corrected chi connectivity index (χ4v) is 2.60. The van der Waals surface area contributed by atoms with Gasteiger partial charge in [-0.1, -0.05) is 12.1 Å². The Morgan fingerprint density at radius 3 is 2.76 bits per heavy atom. The zero-order valence-electron chi connectivity index (χ0n) is 15.9. The summed E-state index contributed by atoms with van der Waals surface area (Å²) in [6, 6.07) is 9.61. The van der Waals surface area contributed by atoms with Gasteiger partial charge in [0.1, 0.15) is 0 Å². The Morgan fingerprint density at radius 2 is 2.00 bits per heavy atom. The Balaban J connectivity index is 1.48. The summed E-state index contributed by atoms with van der Waals surface area (Å²) in [5.41, 5.74) is 1.28. The maximum absolute atomic E-state index is 13.6. The molecule has 0 aliphatic carbocycles. The van der Waals surface area contributed by atoms with E-state index in [0.29, 0.717) is 17.1 Å². The van der Waals surface area contributed by atoms with Crippen molar-refractivity contribution in [3.05, 3.63) is 59.4 Å². The van der Waals surface area contributed by atoms with Crippen molar-refractivity contribution in [3.63, 3.8) is 0 Å². The summed E-state index contributed by atoms with van der Waals surface area (Å²) in [5.74, 6) is -0.314. The van der Waals surface area contributed by atoms with E-state index in [9.17, 15) is 14.0 Å². The van der Waals surface area contributed by atoms with E-state index in [4.69, 9.17) is 18.9 Å². The number of carbonyl (C=O) groups is 2. The zero-order valence-corrected chi connectivity index (χ0v) is 15.9. The van der Waals surface area contributed by atoms with E-state index < -0.39 is 23.8 Å². The topological polar surface area (TPSA) is 83.1 Å². The van der Waals surface area contributed by atoms with Crippen molar-refractivity contribution in [2.45, 2.75) is 19.6 Å². The van der Waals surface area contributed by atoms with Crippen LogP contribution < -0.4 is 19.5 Å². The van der Waals surface area contributed by atoms with E-state index in [2.05, 4.69) is 5.32 Å². The van der Waals surface area contributed by atoms with Crippen LogP contribution in [-0.2, 0) is 20.9 Å². The number of rotatable bonds is 7. The van der Waals surface area contributed by atoms with E-state index in [-0.39, 0.29) is 19.1 Å². The summed E-state index contributed by atoms with van der Waals surface area (Å²) < 4.78 is 34.1. The van der Waals surface area contributed by atoms with Gasteiger partial charge in [0.25, 0.3) is 5.91 Å². The van der Waals surface area contributed by atoms with E-state index >= 15 is 0 Å². The third-order valence-corrected chi connectivity index (χ3v) is 4.15. The van der Waals surface area contributed by atoms with Crippen molar-refractivity contribution >= 4 is 18.0 Å². The molecule has 1 N–H and O–H groups in total. The molecule has 3 rings (SSSR count). The summed E-state index contributed by atoms with van der Waals surface area (Å²) in [6.07, 6.45) is 1.53. The van der Waals surface area contributed by atoms with Gasteiger partial charge in [0.15, 0.2) is 29.2 Å². The molecule has 0 saturated carbocycles. The first kappa shape index (κ1) is 20.2. The molecule has 8 heteroatoms. The van der Waals surface area contributed by atoms with Gasteiger partial charge in [-0.3, -0.25) is 4.79 Å². The molecule has 0 spiro atoms. The maximum Gasteiger partial charge on any atom is 0.331 e. The molecule has 1 aliphatic rings. The van der Waals surface area contributed by atoms with Gasteiger partial charge in [-0.2, -0.15) is 0 Å². The van der Waals surface area contributed by atoms with Gasteiger partial charge >= 0.3 is 5.97 Å². The highest BCUT2D eigenvalue weighted by atomic mass is 19.1. The maximum atomic E-state index is 13.6. The molecule has 29 heavy (non-hydrogen) atoms. The zero-order chi connectivity index (χ0) is 20.8. The molecule has 0 aromatic heterocycles. The van der Waals surface area contributed by atoms with Gasteiger partial charge in [-0.05, 0) is 48.4 Å². The molecule has 1 heterocycles. The molecule has 0 saturated heterocycles. The molecule has 0 unspecified atom stereocenters. The van der Waals surface area contributed by atoms with Crippen LogP contribution in [0.4, 0.5) is 4.39 Å². The largest absolute Gasteiger partial charge is 0.494 e. The molecule has 152 valence electrons. The van der Waals surface area contributed by atoms with Crippen LogP contribution in [0.25, 0.3) is 6.08 Å². The number of esters is 1. The second-order valence-corrected chi connectivity index (χ2v) is 6.21. The lowest BCUT2D eigenvalue weighted by Crippen LogP contribution is -2.35. The standard InChI is InChI=1S/C21H20FNO6/c1-13(21(25)23-11-15-4-7-18-19(10-15)28-12-27-18)29-20(24)8-5-14-3-6-17(26-2)16(22)9-14/h3-10,13H,11-12H2,1-2H3,(H,23,25)/b8-5+/t13-/m1/s1. The minimum Gasteiger partial charge on any atom is -0.494 e. The van der Waals surface area contributed by atoms with Crippen molar-refractivity contribution in [2.24, 2.45) is 0 Å². The van der Waals surface area contributed by atoms with Crippen LogP contribution in [0, 0.1) is 5.82 Å². The summed E-state index contributed by atoms with van der Waals surface area (Å²) in [5, 5.41) is 2.69. The average molecular weight is 401 g/mol. The molecule has 0 fully saturated rings. The number of methoxy groups -OCH3 is 1. The molecule has 0 bridgehead atoms. The highest BCUT2D eigenvalue weighted by molar-refractivity contribution is 5.90. The second-order valence-electron chi connectivity index (χ2n) is 6.21. The lowest BCUT2D eigenvalue weighted by molar-refractivity contribution is -0.150. The second kappa shape index (κ2) is 9.09. The average Bonchev–Trinajstić information content (AvgIpc) is 3.18. The third-order valence-electron chi connectivity index (χ3n) is 4.15. The van der Waals surface area contributed by atoms with Crippen LogP contribution in [0.3, 0.4) is 0 Å². The number of benzene rings is 2. The van der Waals surface area contributed by atoms with Gasteiger partial charge in [0.2, 0.25) is 6.79 Å². The number of fused-ring (bicyclic) bond motifs is 1. The highest BCUT2D eigenvalue weighted by Gasteiger charge is 2.17. The molecular weight excluding hydrogens is 381 g/mol. The minimum absolute atomic E-state index is 0.109. The van der Waals surface area contributed by atoms with Crippen molar-refractivity contribution in [2.75, 3.05) is 13.9 Å². The third kappa shape index (κ3) is 5.25. The Bertz CT molecular complexity index is 943. The molecule has 7 nitrogen and oxygen atoms in total. The highest BCUT2D eigenvalue weighted by Crippen LogP contribution is 2.32. The van der Waals surface area contributed by atoms with E-state index in [0.717, 1.165) is 11.6 Å². The lowest BCUT2D eigenvalue weighted by atomic mass is 10.2. The SMILES string of the molecule is COc1ccc(/C=C/C(=O)O[C@H](C)C(=O)NCc2ccc3c(c2)OCO3)cc1F. The first-order valence-electron chi connectivity index (χ1n) is 8.84. The Morgan fingerprint density at radius 1 is 1.21 bits per heavy atom. The Kier molecular flexibility index (Phi) is 6.33. The van der Waals surface area contributed by atoms with Crippen LogP contribution in [-0.4, -0.2) is 31.9 Å². The minimum atomic E-state index is -0.992. The summed E-state index contributed by atoms with van der Waals surface area (Å²) >= 11 is 0. The van der Waals surface area contributed by atoms with Crippen LogP contribution >= 0.6 is 0 Å². The summed E-state index contributed by atoms with van der Waals surface area (Å²) in [4.78, 5) is 24.0. The first-order valence-corrected chi connectivity index (χ1v) is 8.84. The smallest absolute Gasteiger partial charge is 0.331 e. The predicted molar refractivity (Wildman–Crippen MR) is 102 cm³/mol. The monoisotopic (exact) mass is 401 g/mol. The molecule has 2 aromatic carbocycles. The normalized spacial score (nSPS) is 13.2. The Labute approximate surface area is 167 Å². The van der Waals surface area contributed by atoms with Gasteiger partial charge in [-0.25, -0.2) is 9.18 Å². The fourth-order valence-electron chi connectivity index (χ4n) is 2.60. The van der Waals surface area contributed by atoms with Crippen LogP contribution in [0.5, 0.6) is 17.2 Å². The fraction of sp³-hybridized carbons (Fsp3) is 0.238. The van der Waals surface area contributed by atoms with Gasteiger partial charge < -0.3 is 24.3 Å². The van der Waals surface area contributed by atoms with Crippen molar-refractivity contribution in [3.8, 4) is 17.2 Å². The van der Waals surface area contributed by atoms with Crippen molar-refractivity contribution < 1.29 is 32.9 Å². The summed E-state index contributed by atoms with van der Waals surface area (Å²) in [7, 11) is 1.37. The van der Waals surface area contributed by atoms with Crippen LogP contribution in [0.1, 0.15) is 18.1 Å². The molecule has 2 aromatic rings. The number of halogens is 1. The number of hydrogen-bond acceptors (Lipinski definition) is 6. The number of nitrogens with one attached hydrogen (secondary N) is 1. The van der Waals surface area contributed by atoms with E-state index in [1.54, 1.807) is 24.3 Å². The van der Waals surface area contributed by atoms with E-state index in [1.807, 2.05) is 0 Å². The van der Waals surface area contributed by atoms with Crippen LogP contribution in [0.2, 0.25) is 0 Å². The molecular formula is C21H20FNO6. The number of hydrogen-bond donors (Lipinski definition) is 1. The molecule has 1 aliphatic heterocycles. The number of ether oxygens (including phenoxy) is 4. The molecule has 1 atom stereocenters.